The van der Waals surface area contributed by atoms with Crippen molar-refractivity contribution in [3.05, 3.63) is 101 Å². The largest absolute Gasteiger partial charge is 0.352 e. The minimum Gasteiger partial charge on any atom is -0.352 e. The number of tetrazole rings is 1. The molecule has 1 aromatic heterocycles. The number of primary amides is 1. The number of benzene rings is 3. The maximum absolute atomic E-state index is 12.7. The van der Waals surface area contributed by atoms with Gasteiger partial charge in [-0.3, -0.25) is 10.1 Å². The summed E-state index contributed by atoms with van der Waals surface area (Å²) in [6, 6.07) is 23.0. The van der Waals surface area contributed by atoms with Gasteiger partial charge < -0.3 is 11.1 Å². The van der Waals surface area contributed by atoms with Crippen LogP contribution in [0.3, 0.4) is 0 Å². The normalized spacial score (nSPS) is 15.3. The van der Waals surface area contributed by atoms with E-state index in [-0.39, 0.29) is 11.9 Å². The van der Waals surface area contributed by atoms with Gasteiger partial charge in [-0.1, -0.05) is 72.9 Å². The van der Waals surface area contributed by atoms with Crippen LogP contribution in [-0.2, 0) is 5.54 Å². The van der Waals surface area contributed by atoms with Gasteiger partial charge in [-0.25, -0.2) is 4.79 Å². The molecule has 9 nitrogen and oxygen atoms in total. The first-order chi connectivity index (χ1) is 19.0. The molecule has 0 radical (unpaired) electrons. The number of hydrogen-bond donors (Lipinski definition) is 4. The molecule has 1 aliphatic carbocycles. The molecule has 0 bridgehead atoms. The molecule has 0 aliphatic heterocycles. The average Bonchev–Trinajstić information content (AvgIpc) is 3.49. The first-order valence-corrected chi connectivity index (χ1v) is 14.2. The summed E-state index contributed by atoms with van der Waals surface area (Å²) in [5.74, 6) is 0.265. The first-order valence-electron chi connectivity index (χ1n) is 13.0. The van der Waals surface area contributed by atoms with E-state index in [4.69, 9.17) is 5.73 Å². The highest BCUT2D eigenvalue weighted by atomic mass is 32.2. The number of nitrogens with zero attached hydrogens (tertiary/aromatic N) is 3. The molecule has 1 heterocycles. The minimum absolute atomic E-state index is 0.0840. The standard InChI is InChI=1S/C29H31N7O2S/c1-39-25-9-5-8-24(18-25)29(32-27(30)38,22-14-10-20(11-15-22)19-6-3-2-4-7-19)23-16-12-21(13-17-23)26(37)31-28-33-35-36-34-28/h5,8-19H,2-4,6-7H2,1H3,(H3,30,32,38)(H2,31,33,34,35,36,37). The summed E-state index contributed by atoms with van der Waals surface area (Å²) in [6.45, 7) is 0. The highest BCUT2D eigenvalue weighted by Gasteiger charge is 2.38. The van der Waals surface area contributed by atoms with E-state index in [0.29, 0.717) is 11.5 Å². The van der Waals surface area contributed by atoms with Crippen molar-refractivity contribution in [2.45, 2.75) is 48.5 Å². The molecule has 5 rings (SSSR count). The number of aromatic amines is 1. The molecule has 10 heteroatoms. The van der Waals surface area contributed by atoms with Crippen LogP contribution in [0.15, 0.2) is 77.7 Å². The number of thioether (sulfide) groups is 1. The van der Waals surface area contributed by atoms with Crippen molar-refractivity contribution in [2.24, 2.45) is 5.73 Å². The van der Waals surface area contributed by atoms with Crippen molar-refractivity contribution in [3.8, 4) is 0 Å². The summed E-state index contributed by atoms with van der Waals surface area (Å²) in [4.78, 5) is 26.4. The van der Waals surface area contributed by atoms with Gasteiger partial charge in [0.2, 0.25) is 0 Å². The Kier molecular flexibility index (Phi) is 7.92. The molecular formula is C29H31N7O2S. The Labute approximate surface area is 231 Å². The fraction of sp³-hybridized carbons (Fsp3) is 0.276. The highest BCUT2D eigenvalue weighted by molar-refractivity contribution is 7.98. The molecule has 3 amide bonds. The van der Waals surface area contributed by atoms with E-state index in [9.17, 15) is 9.59 Å². The van der Waals surface area contributed by atoms with Gasteiger partial charge in [0.15, 0.2) is 0 Å². The summed E-state index contributed by atoms with van der Waals surface area (Å²) in [6.07, 6.45) is 8.23. The maximum Gasteiger partial charge on any atom is 0.313 e. The monoisotopic (exact) mass is 541 g/mol. The SMILES string of the molecule is CSc1cccc(C(NC(N)=O)(c2ccc(C(=O)Nc3nn[nH]n3)cc2)c2ccc(C3CCCCC3)cc2)c1. The summed E-state index contributed by atoms with van der Waals surface area (Å²) in [5, 5.41) is 19.0. The number of urea groups is 1. The molecule has 5 N–H and O–H groups in total. The van der Waals surface area contributed by atoms with Crippen molar-refractivity contribution in [1.29, 1.82) is 0 Å². The van der Waals surface area contributed by atoms with E-state index in [2.05, 4.69) is 61.6 Å². The Balaban J connectivity index is 1.59. The minimum atomic E-state index is -1.08. The van der Waals surface area contributed by atoms with Crippen LogP contribution in [0.2, 0.25) is 0 Å². The number of amides is 3. The zero-order chi connectivity index (χ0) is 27.2. The number of nitrogens with two attached hydrogens (primary N) is 1. The van der Waals surface area contributed by atoms with Gasteiger partial charge in [-0.2, -0.15) is 5.21 Å². The molecule has 200 valence electrons. The van der Waals surface area contributed by atoms with Gasteiger partial charge in [0.25, 0.3) is 11.9 Å². The lowest BCUT2D eigenvalue weighted by Gasteiger charge is -2.37. The third kappa shape index (κ3) is 5.65. The third-order valence-corrected chi connectivity index (χ3v) is 8.11. The number of rotatable bonds is 8. The maximum atomic E-state index is 12.7. The number of carbonyl (C=O) groups excluding carboxylic acids is 2. The van der Waals surface area contributed by atoms with E-state index in [1.54, 1.807) is 23.9 Å². The number of H-pyrrole nitrogens is 1. The van der Waals surface area contributed by atoms with Gasteiger partial charge >= 0.3 is 6.03 Å². The van der Waals surface area contributed by atoms with Gasteiger partial charge in [-0.15, -0.1) is 16.9 Å². The summed E-state index contributed by atoms with van der Waals surface area (Å²) in [7, 11) is 0. The molecule has 1 aliphatic rings. The topological polar surface area (TPSA) is 139 Å². The number of aromatic nitrogens is 4. The van der Waals surface area contributed by atoms with Gasteiger partial charge in [0.05, 0.1) is 0 Å². The van der Waals surface area contributed by atoms with Crippen molar-refractivity contribution in [3.63, 3.8) is 0 Å². The zero-order valence-electron chi connectivity index (χ0n) is 21.7. The van der Waals surface area contributed by atoms with Crippen molar-refractivity contribution in [2.75, 3.05) is 11.6 Å². The summed E-state index contributed by atoms with van der Waals surface area (Å²) >= 11 is 1.62. The van der Waals surface area contributed by atoms with Crippen molar-refractivity contribution in [1.82, 2.24) is 25.9 Å². The molecule has 1 unspecified atom stereocenters. The molecular weight excluding hydrogens is 510 g/mol. The molecule has 1 saturated carbocycles. The summed E-state index contributed by atoms with van der Waals surface area (Å²) in [5.41, 5.74) is 8.97. The smallest absolute Gasteiger partial charge is 0.313 e. The van der Waals surface area contributed by atoms with E-state index < -0.39 is 11.6 Å². The lowest BCUT2D eigenvalue weighted by atomic mass is 9.75. The zero-order valence-corrected chi connectivity index (χ0v) is 22.5. The van der Waals surface area contributed by atoms with Crippen molar-refractivity contribution >= 4 is 29.6 Å². The van der Waals surface area contributed by atoms with Crippen molar-refractivity contribution < 1.29 is 9.59 Å². The van der Waals surface area contributed by atoms with E-state index in [0.717, 1.165) is 21.6 Å². The lowest BCUT2D eigenvalue weighted by molar-refractivity contribution is 0.102. The fourth-order valence-electron chi connectivity index (χ4n) is 5.46. The quantitative estimate of drug-likeness (QED) is 0.179. The van der Waals surface area contributed by atoms with E-state index >= 15 is 0 Å². The Hall–Kier alpha value is -4.18. The van der Waals surface area contributed by atoms with Crippen LogP contribution in [0, 0.1) is 0 Å². The molecule has 4 aromatic rings. The Morgan fingerprint density at radius 1 is 0.949 bits per heavy atom. The van der Waals surface area contributed by atoms with Gasteiger partial charge in [0, 0.05) is 10.5 Å². The van der Waals surface area contributed by atoms with Crippen LogP contribution in [0.1, 0.15) is 70.6 Å². The third-order valence-electron chi connectivity index (χ3n) is 7.38. The van der Waals surface area contributed by atoms with Crippen LogP contribution in [-0.4, -0.2) is 38.8 Å². The van der Waals surface area contributed by atoms with Crippen LogP contribution in [0.25, 0.3) is 0 Å². The fourth-order valence-corrected chi connectivity index (χ4v) is 5.92. The molecule has 1 atom stereocenters. The predicted octanol–water partition coefficient (Wildman–Crippen LogP) is 5.18. The molecule has 0 saturated heterocycles. The predicted molar refractivity (Wildman–Crippen MR) is 152 cm³/mol. The Morgan fingerprint density at radius 3 is 2.26 bits per heavy atom. The molecule has 1 fully saturated rings. The average molecular weight is 542 g/mol. The lowest BCUT2D eigenvalue weighted by Crippen LogP contribution is -2.50. The summed E-state index contributed by atoms with van der Waals surface area (Å²) < 4.78 is 0. The van der Waals surface area contributed by atoms with Crippen LogP contribution >= 0.6 is 11.8 Å². The highest BCUT2D eigenvalue weighted by Crippen LogP contribution is 2.40. The second-order valence-corrected chi connectivity index (χ2v) is 10.6. The van der Waals surface area contributed by atoms with Crippen LogP contribution < -0.4 is 16.4 Å². The second-order valence-electron chi connectivity index (χ2n) is 9.70. The molecule has 39 heavy (non-hydrogen) atoms. The van der Waals surface area contributed by atoms with E-state index in [1.807, 2.05) is 36.6 Å². The number of hydrogen-bond acceptors (Lipinski definition) is 6. The van der Waals surface area contributed by atoms with Gasteiger partial charge in [-0.05, 0) is 76.7 Å². The Morgan fingerprint density at radius 2 is 1.64 bits per heavy atom. The number of carbonyl (C=O) groups is 2. The van der Waals surface area contributed by atoms with E-state index in [1.165, 1.54) is 37.7 Å². The van der Waals surface area contributed by atoms with Crippen LogP contribution in [0.5, 0.6) is 0 Å². The second kappa shape index (κ2) is 11.7. The Bertz CT molecular complexity index is 1420. The number of anilines is 1. The van der Waals surface area contributed by atoms with Crippen LogP contribution in [0.4, 0.5) is 10.7 Å². The number of nitrogens with one attached hydrogen (secondary N) is 3. The first kappa shape index (κ1) is 26.4. The molecule has 3 aromatic carbocycles. The van der Waals surface area contributed by atoms with Gasteiger partial charge in [0.1, 0.15) is 5.54 Å². The molecule has 0 spiro atoms.